The van der Waals surface area contributed by atoms with Crippen molar-refractivity contribution < 1.29 is 9.53 Å². The summed E-state index contributed by atoms with van der Waals surface area (Å²) in [6, 6.07) is 12.8. The highest BCUT2D eigenvalue weighted by molar-refractivity contribution is 5.92. The summed E-state index contributed by atoms with van der Waals surface area (Å²) in [5.74, 6) is 1.76. The maximum atomic E-state index is 12.8. The molecular formula is C19H19N5O3. The van der Waals surface area contributed by atoms with E-state index < -0.39 is 0 Å². The molecule has 4 rings (SSSR count). The van der Waals surface area contributed by atoms with Gasteiger partial charge in [-0.3, -0.25) is 9.78 Å². The van der Waals surface area contributed by atoms with Crippen LogP contribution < -0.4 is 10.4 Å². The molecule has 1 aliphatic rings. The van der Waals surface area contributed by atoms with E-state index in [0.717, 1.165) is 12.8 Å². The minimum absolute atomic E-state index is 0.0161. The molecular weight excluding hydrogens is 346 g/mol. The predicted molar refractivity (Wildman–Crippen MR) is 97.8 cm³/mol. The van der Waals surface area contributed by atoms with Crippen molar-refractivity contribution in [3.05, 3.63) is 70.7 Å². The predicted octanol–water partition coefficient (Wildman–Crippen LogP) is 2.31. The van der Waals surface area contributed by atoms with Crippen molar-refractivity contribution in [2.75, 3.05) is 13.1 Å². The molecule has 8 nitrogen and oxygen atoms in total. The Labute approximate surface area is 155 Å². The van der Waals surface area contributed by atoms with Gasteiger partial charge in [0.05, 0.1) is 6.20 Å². The Morgan fingerprint density at radius 2 is 2.00 bits per heavy atom. The number of nitrogens with one attached hydrogen (secondary N) is 2. The first-order valence-electron chi connectivity index (χ1n) is 8.82. The summed E-state index contributed by atoms with van der Waals surface area (Å²) in [6.07, 6.45) is 3.27. The zero-order valence-electron chi connectivity index (χ0n) is 14.6. The van der Waals surface area contributed by atoms with Crippen LogP contribution in [0.5, 0.6) is 11.5 Å². The summed E-state index contributed by atoms with van der Waals surface area (Å²) < 4.78 is 5.70. The first kappa shape index (κ1) is 17.0. The smallest absolute Gasteiger partial charge is 0.340 e. The van der Waals surface area contributed by atoms with Crippen LogP contribution in [0.25, 0.3) is 0 Å². The number of pyridine rings is 1. The molecule has 0 bridgehead atoms. The fourth-order valence-corrected chi connectivity index (χ4v) is 3.22. The standard InChI is InChI=1S/C19H19N5O3/c25-18(24-10-4-5-13(12-24)17-21-19(26)23-22-17)16-9-8-15(11-20-16)27-14-6-2-1-3-7-14/h1-3,6-9,11,13H,4-5,10,12H2,(H2,21,22,23,26). The number of carbonyl (C=O) groups excluding carboxylic acids is 1. The largest absolute Gasteiger partial charge is 0.456 e. The lowest BCUT2D eigenvalue weighted by molar-refractivity contribution is 0.0698. The topological polar surface area (TPSA) is 104 Å². The number of H-pyrrole nitrogens is 2. The highest BCUT2D eigenvalue weighted by Crippen LogP contribution is 2.25. The summed E-state index contributed by atoms with van der Waals surface area (Å²) in [4.78, 5) is 32.7. The third kappa shape index (κ3) is 3.89. The van der Waals surface area contributed by atoms with Crippen molar-refractivity contribution in [3.63, 3.8) is 0 Å². The van der Waals surface area contributed by atoms with Crippen molar-refractivity contribution in [2.45, 2.75) is 18.8 Å². The summed E-state index contributed by atoms with van der Waals surface area (Å²) in [6.45, 7) is 1.16. The van der Waals surface area contributed by atoms with Crippen molar-refractivity contribution in [1.29, 1.82) is 0 Å². The number of ether oxygens (including phenoxy) is 1. The van der Waals surface area contributed by atoms with Crippen LogP contribution in [0.1, 0.15) is 35.1 Å². The molecule has 0 spiro atoms. The number of aromatic nitrogens is 4. The van der Waals surface area contributed by atoms with E-state index in [1.807, 2.05) is 30.3 Å². The van der Waals surface area contributed by atoms with Crippen LogP contribution in [-0.2, 0) is 0 Å². The first-order chi connectivity index (χ1) is 13.2. The molecule has 1 fully saturated rings. The summed E-state index contributed by atoms with van der Waals surface area (Å²) >= 11 is 0. The molecule has 1 aromatic carbocycles. The number of benzene rings is 1. The number of nitrogens with zero attached hydrogens (tertiary/aromatic N) is 3. The Morgan fingerprint density at radius 3 is 2.70 bits per heavy atom. The highest BCUT2D eigenvalue weighted by atomic mass is 16.5. The van der Waals surface area contributed by atoms with E-state index in [9.17, 15) is 9.59 Å². The Kier molecular flexibility index (Phi) is 4.69. The molecule has 3 aromatic rings. The van der Waals surface area contributed by atoms with Gasteiger partial charge in [0.25, 0.3) is 5.91 Å². The third-order valence-corrected chi connectivity index (χ3v) is 4.55. The van der Waals surface area contributed by atoms with Crippen molar-refractivity contribution in [1.82, 2.24) is 25.1 Å². The number of aromatic amines is 2. The van der Waals surface area contributed by atoms with Gasteiger partial charge in [0.1, 0.15) is 23.0 Å². The molecule has 1 unspecified atom stereocenters. The number of hydrogen-bond acceptors (Lipinski definition) is 5. The summed E-state index contributed by atoms with van der Waals surface area (Å²) in [5.41, 5.74) is 0.0377. The lowest BCUT2D eigenvalue weighted by atomic mass is 9.97. The number of para-hydroxylation sites is 1. The summed E-state index contributed by atoms with van der Waals surface area (Å²) in [5, 5.41) is 6.37. The van der Waals surface area contributed by atoms with Gasteiger partial charge in [-0.2, -0.15) is 5.10 Å². The Morgan fingerprint density at radius 1 is 1.15 bits per heavy atom. The molecule has 8 heteroatoms. The molecule has 2 N–H and O–H groups in total. The van der Waals surface area contributed by atoms with Gasteiger partial charge in [0.15, 0.2) is 0 Å². The van der Waals surface area contributed by atoms with Gasteiger partial charge in [-0.1, -0.05) is 18.2 Å². The molecule has 0 radical (unpaired) electrons. The van der Waals surface area contributed by atoms with E-state index in [-0.39, 0.29) is 17.5 Å². The minimum atomic E-state index is -0.330. The molecule has 27 heavy (non-hydrogen) atoms. The van der Waals surface area contributed by atoms with E-state index in [0.29, 0.717) is 36.1 Å². The number of piperidine rings is 1. The summed E-state index contributed by atoms with van der Waals surface area (Å²) in [7, 11) is 0. The second kappa shape index (κ2) is 7.45. The second-order valence-electron chi connectivity index (χ2n) is 6.45. The Hall–Kier alpha value is -3.42. The minimum Gasteiger partial charge on any atom is -0.456 e. The molecule has 3 heterocycles. The van der Waals surface area contributed by atoms with Crippen LogP contribution in [-0.4, -0.2) is 44.1 Å². The maximum absolute atomic E-state index is 12.8. The molecule has 138 valence electrons. The van der Waals surface area contributed by atoms with Gasteiger partial charge in [0, 0.05) is 19.0 Å². The lowest BCUT2D eigenvalue weighted by Gasteiger charge is -2.31. The van der Waals surface area contributed by atoms with E-state index in [4.69, 9.17) is 4.74 Å². The van der Waals surface area contributed by atoms with Gasteiger partial charge >= 0.3 is 5.69 Å². The maximum Gasteiger partial charge on any atom is 0.340 e. The van der Waals surface area contributed by atoms with E-state index in [1.165, 1.54) is 0 Å². The van der Waals surface area contributed by atoms with Crippen LogP contribution in [0, 0.1) is 0 Å². The normalized spacial score (nSPS) is 16.9. The molecule has 1 atom stereocenters. The monoisotopic (exact) mass is 365 g/mol. The first-order valence-corrected chi connectivity index (χ1v) is 8.82. The second-order valence-corrected chi connectivity index (χ2v) is 6.45. The van der Waals surface area contributed by atoms with Crippen molar-refractivity contribution in [2.24, 2.45) is 0 Å². The Bertz CT molecular complexity index is 965. The number of amides is 1. The third-order valence-electron chi connectivity index (χ3n) is 4.55. The molecule has 0 aliphatic carbocycles. The number of rotatable bonds is 4. The average molecular weight is 365 g/mol. The fourth-order valence-electron chi connectivity index (χ4n) is 3.22. The zero-order valence-corrected chi connectivity index (χ0v) is 14.6. The Balaban J connectivity index is 1.43. The van der Waals surface area contributed by atoms with Crippen LogP contribution in [0.3, 0.4) is 0 Å². The van der Waals surface area contributed by atoms with E-state index >= 15 is 0 Å². The van der Waals surface area contributed by atoms with Crippen LogP contribution >= 0.6 is 0 Å². The average Bonchev–Trinajstić information content (AvgIpc) is 3.15. The SMILES string of the molecule is O=C(c1ccc(Oc2ccccc2)cn1)N1CCCC(c2n[nH]c(=O)[nH]2)C1. The van der Waals surface area contributed by atoms with E-state index in [2.05, 4.69) is 20.2 Å². The van der Waals surface area contributed by atoms with Gasteiger partial charge in [-0.25, -0.2) is 14.9 Å². The van der Waals surface area contributed by atoms with Crippen molar-refractivity contribution in [3.8, 4) is 11.5 Å². The van der Waals surface area contributed by atoms with Crippen LogP contribution in [0.2, 0.25) is 0 Å². The quantitative estimate of drug-likeness (QED) is 0.738. The zero-order chi connectivity index (χ0) is 18.6. The van der Waals surface area contributed by atoms with Crippen molar-refractivity contribution >= 4 is 5.91 Å². The molecule has 2 aromatic heterocycles. The number of carbonyl (C=O) groups is 1. The van der Waals surface area contributed by atoms with Crippen LogP contribution in [0.15, 0.2) is 53.5 Å². The van der Waals surface area contributed by atoms with Gasteiger partial charge < -0.3 is 9.64 Å². The fraction of sp³-hybridized carbons (Fsp3) is 0.263. The van der Waals surface area contributed by atoms with E-state index in [1.54, 1.807) is 23.2 Å². The molecule has 1 saturated heterocycles. The number of likely N-dealkylation sites (tertiary alicyclic amines) is 1. The molecule has 1 aliphatic heterocycles. The number of hydrogen-bond donors (Lipinski definition) is 2. The molecule has 1 amide bonds. The van der Waals surface area contributed by atoms with Crippen LogP contribution in [0.4, 0.5) is 0 Å². The highest BCUT2D eigenvalue weighted by Gasteiger charge is 2.27. The van der Waals surface area contributed by atoms with Gasteiger partial charge in [-0.15, -0.1) is 0 Å². The molecule has 0 saturated carbocycles. The lowest BCUT2D eigenvalue weighted by Crippen LogP contribution is -2.39. The van der Waals surface area contributed by atoms with Gasteiger partial charge in [0.2, 0.25) is 0 Å². The van der Waals surface area contributed by atoms with Gasteiger partial charge in [-0.05, 0) is 37.1 Å².